The Morgan fingerprint density at radius 3 is 2.70 bits per heavy atom. The van der Waals surface area contributed by atoms with Crippen LogP contribution in [0.25, 0.3) is 0 Å². The van der Waals surface area contributed by atoms with E-state index >= 15 is 0 Å². The molecule has 1 aromatic heterocycles. The summed E-state index contributed by atoms with van der Waals surface area (Å²) in [5, 5.41) is 2.88. The van der Waals surface area contributed by atoms with Crippen LogP contribution < -0.4 is 5.32 Å². The summed E-state index contributed by atoms with van der Waals surface area (Å²) >= 11 is 1.72. The van der Waals surface area contributed by atoms with Crippen LogP contribution in [0.5, 0.6) is 0 Å². The van der Waals surface area contributed by atoms with Crippen molar-refractivity contribution in [3.8, 4) is 0 Å². The lowest BCUT2D eigenvalue weighted by atomic mass is 10.0. The highest BCUT2D eigenvalue weighted by atomic mass is 32.2. The van der Waals surface area contributed by atoms with Crippen LogP contribution in [0, 0.1) is 13.8 Å². The molecule has 0 atom stereocenters. The number of benzene rings is 2. The molecule has 2 heterocycles. The van der Waals surface area contributed by atoms with Crippen LogP contribution in [0.4, 0.5) is 5.69 Å². The zero-order valence-electron chi connectivity index (χ0n) is 15.5. The van der Waals surface area contributed by atoms with E-state index in [1.807, 2.05) is 31.2 Å². The Balaban J connectivity index is 1.66. The maximum atomic E-state index is 12.5. The molecule has 0 spiro atoms. The van der Waals surface area contributed by atoms with Crippen molar-refractivity contribution in [2.24, 2.45) is 4.99 Å². The number of hydrogen-bond donors (Lipinski definition) is 1. The molecule has 1 aliphatic heterocycles. The van der Waals surface area contributed by atoms with Gasteiger partial charge in [-0.05, 0) is 62.2 Å². The number of aryl methyl sites for hydroxylation is 2. The summed E-state index contributed by atoms with van der Waals surface area (Å²) in [5.41, 5.74) is 6.05. The first-order valence-corrected chi connectivity index (χ1v) is 9.63. The van der Waals surface area contributed by atoms with E-state index in [2.05, 4.69) is 31.3 Å². The molecule has 0 fully saturated rings. The fraction of sp³-hybridized carbons (Fsp3) is 0.182. The number of nitrogens with zero attached hydrogens (tertiary/aromatic N) is 1. The number of furan rings is 1. The van der Waals surface area contributed by atoms with Gasteiger partial charge in [0.25, 0.3) is 5.91 Å². The molecule has 3 aromatic rings. The fourth-order valence-electron chi connectivity index (χ4n) is 3.23. The zero-order valence-corrected chi connectivity index (χ0v) is 16.3. The monoisotopic (exact) mass is 376 g/mol. The van der Waals surface area contributed by atoms with Gasteiger partial charge in [0.05, 0.1) is 18.5 Å². The molecule has 5 heteroatoms. The third-order valence-electron chi connectivity index (χ3n) is 4.65. The van der Waals surface area contributed by atoms with E-state index in [4.69, 9.17) is 9.41 Å². The van der Waals surface area contributed by atoms with Crippen LogP contribution in [0.1, 0.15) is 39.7 Å². The molecule has 0 saturated heterocycles. The van der Waals surface area contributed by atoms with Gasteiger partial charge in [-0.2, -0.15) is 0 Å². The average Bonchev–Trinajstić information content (AvgIpc) is 3.12. The zero-order chi connectivity index (χ0) is 19.0. The molecule has 1 aliphatic rings. The molecule has 0 bridgehead atoms. The number of rotatable bonds is 3. The van der Waals surface area contributed by atoms with Crippen molar-refractivity contribution >= 4 is 29.1 Å². The summed E-state index contributed by atoms with van der Waals surface area (Å²) in [6.07, 6.45) is 1.60. The van der Waals surface area contributed by atoms with Crippen molar-refractivity contribution in [3.05, 3.63) is 76.7 Å². The van der Waals surface area contributed by atoms with Gasteiger partial charge in [0.2, 0.25) is 0 Å². The number of nitrogens with one attached hydrogen (secondary N) is 1. The maximum Gasteiger partial charge on any atom is 0.251 e. The van der Waals surface area contributed by atoms with Gasteiger partial charge in [0.15, 0.2) is 0 Å². The number of aliphatic imine (C=N–C) groups is 1. The van der Waals surface area contributed by atoms with Crippen molar-refractivity contribution in [1.82, 2.24) is 5.32 Å². The van der Waals surface area contributed by atoms with E-state index < -0.39 is 0 Å². The second-order valence-electron chi connectivity index (χ2n) is 6.65. The Bertz CT molecular complexity index is 1050. The average molecular weight is 376 g/mol. The largest absolute Gasteiger partial charge is 0.467 e. The quantitative estimate of drug-likeness (QED) is 0.663. The third-order valence-corrected chi connectivity index (χ3v) is 5.94. The van der Waals surface area contributed by atoms with Crippen LogP contribution >= 0.6 is 11.8 Å². The van der Waals surface area contributed by atoms with Crippen molar-refractivity contribution in [3.63, 3.8) is 0 Å². The molecular weight excluding hydrogens is 356 g/mol. The summed E-state index contributed by atoms with van der Waals surface area (Å²) in [6, 6.07) is 13.6. The van der Waals surface area contributed by atoms with Gasteiger partial charge in [-0.1, -0.05) is 23.9 Å². The van der Waals surface area contributed by atoms with Gasteiger partial charge in [-0.15, -0.1) is 0 Å². The first-order valence-electron chi connectivity index (χ1n) is 8.81. The number of fused-ring (bicyclic) bond motifs is 2. The number of carbonyl (C=O) groups excluding carboxylic acids is 1. The van der Waals surface area contributed by atoms with E-state index in [0.717, 1.165) is 22.1 Å². The molecule has 1 amide bonds. The summed E-state index contributed by atoms with van der Waals surface area (Å²) in [4.78, 5) is 19.6. The van der Waals surface area contributed by atoms with Gasteiger partial charge in [-0.3, -0.25) is 9.79 Å². The second-order valence-corrected chi connectivity index (χ2v) is 7.70. The SMILES string of the molecule is CC1=Nc2cc(C(=O)NCc3ccco3)ccc2Sc2c(C)ccc(C)c21. The molecule has 0 saturated carbocycles. The van der Waals surface area contributed by atoms with Crippen LogP contribution in [0.3, 0.4) is 0 Å². The van der Waals surface area contributed by atoms with Crippen LogP contribution in [-0.4, -0.2) is 11.6 Å². The van der Waals surface area contributed by atoms with E-state index in [1.54, 1.807) is 24.1 Å². The highest BCUT2D eigenvalue weighted by Crippen LogP contribution is 2.43. The van der Waals surface area contributed by atoms with Gasteiger partial charge < -0.3 is 9.73 Å². The molecule has 1 N–H and O–H groups in total. The van der Waals surface area contributed by atoms with Gasteiger partial charge in [0, 0.05) is 26.6 Å². The molecule has 136 valence electrons. The normalized spacial score (nSPS) is 12.6. The lowest BCUT2D eigenvalue weighted by molar-refractivity contribution is 0.0948. The van der Waals surface area contributed by atoms with Crippen molar-refractivity contribution in [2.75, 3.05) is 0 Å². The van der Waals surface area contributed by atoms with Gasteiger partial charge >= 0.3 is 0 Å². The molecule has 0 radical (unpaired) electrons. The summed E-state index contributed by atoms with van der Waals surface area (Å²) in [6.45, 7) is 6.63. The Kier molecular flexibility index (Phi) is 4.62. The highest BCUT2D eigenvalue weighted by Gasteiger charge is 2.20. The van der Waals surface area contributed by atoms with Crippen molar-refractivity contribution in [1.29, 1.82) is 0 Å². The molecular formula is C22H20N2O2S. The van der Waals surface area contributed by atoms with Crippen LogP contribution in [-0.2, 0) is 6.54 Å². The first kappa shape index (κ1) is 17.6. The minimum Gasteiger partial charge on any atom is -0.467 e. The van der Waals surface area contributed by atoms with Crippen LogP contribution in [0.15, 0.2) is 67.9 Å². The van der Waals surface area contributed by atoms with E-state index in [1.165, 1.54) is 21.6 Å². The second kappa shape index (κ2) is 7.08. The number of hydrogen-bond acceptors (Lipinski definition) is 4. The number of amides is 1. The topological polar surface area (TPSA) is 54.6 Å². The Morgan fingerprint density at radius 1 is 1.11 bits per heavy atom. The highest BCUT2D eigenvalue weighted by molar-refractivity contribution is 7.99. The third kappa shape index (κ3) is 3.43. The van der Waals surface area contributed by atoms with Crippen LogP contribution in [0.2, 0.25) is 0 Å². The maximum absolute atomic E-state index is 12.5. The minimum atomic E-state index is -0.138. The number of carbonyl (C=O) groups is 1. The molecule has 0 unspecified atom stereocenters. The summed E-state index contributed by atoms with van der Waals surface area (Å²) in [5.74, 6) is 0.588. The minimum absolute atomic E-state index is 0.138. The van der Waals surface area contributed by atoms with Crippen molar-refractivity contribution < 1.29 is 9.21 Å². The van der Waals surface area contributed by atoms with E-state index in [9.17, 15) is 4.79 Å². The molecule has 4 rings (SSSR count). The Morgan fingerprint density at radius 2 is 1.93 bits per heavy atom. The van der Waals surface area contributed by atoms with E-state index in [-0.39, 0.29) is 5.91 Å². The Hall–Kier alpha value is -2.79. The fourth-order valence-corrected chi connectivity index (χ4v) is 4.43. The lowest BCUT2D eigenvalue weighted by Crippen LogP contribution is -2.22. The first-order chi connectivity index (χ1) is 13.0. The Labute approximate surface area is 162 Å². The predicted octanol–water partition coefficient (Wildman–Crippen LogP) is 5.43. The molecule has 0 aliphatic carbocycles. The summed E-state index contributed by atoms with van der Waals surface area (Å²) < 4.78 is 5.26. The molecule has 2 aromatic carbocycles. The lowest BCUT2D eigenvalue weighted by Gasteiger charge is -2.12. The standard InChI is InChI=1S/C22H20N2O2S/c1-13-6-7-14(2)21-20(13)15(3)24-18-11-16(8-9-19(18)27-21)22(25)23-12-17-5-4-10-26-17/h4-11H,12H2,1-3H3,(H,23,25). The molecule has 4 nitrogen and oxygen atoms in total. The van der Waals surface area contributed by atoms with E-state index in [0.29, 0.717) is 12.1 Å². The van der Waals surface area contributed by atoms with Gasteiger partial charge in [-0.25, -0.2) is 0 Å². The molecule has 27 heavy (non-hydrogen) atoms. The van der Waals surface area contributed by atoms with Gasteiger partial charge in [0.1, 0.15) is 5.76 Å². The predicted molar refractivity (Wildman–Crippen MR) is 108 cm³/mol. The smallest absolute Gasteiger partial charge is 0.251 e. The van der Waals surface area contributed by atoms with Crippen molar-refractivity contribution in [2.45, 2.75) is 37.1 Å². The summed E-state index contributed by atoms with van der Waals surface area (Å²) in [7, 11) is 0.